The van der Waals surface area contributed by atoms with E-state index >= 15 is 0 Å². The maximum atomic E-state index is 12.1. The summed E-state index contributed by atoms with van der Waals surface area (Å²) in [6.45, 7) is 4.43. The van der Waals surface area contributed by atoms with Crippen LogP contribution in [0.5, 0.6) is 0 Å². The topological polar surface area (TPSA) is 58.2 Å². The molecule has 7 heteroatoms. The van der Waals surface area contributed by atoms with Crippen molar-refractivity contribution in [3.8, 4) is 0 Å². The Morgan fingerprint density at radius 3 is 2.60 bits per heavy atom. The number of hydrogen-bond donors (Lipinski definition) is 2. The van der Waals surface area contributed by atoms with Crippen molar-refractivity contribution < 1.29 is 17.2 Å². The van der Waals surface area contributed by atoms with Crippen LogP contribution in [-0.4, -0.2) is 27.9 Å². The van der Waals surface area contributed by atoms with Gasteiger partial charge in [0.2, 0.25) is 10.0 Å². The van der Waals surface area contributed by atoms with Gasteiger partial charge in [0.25, 0.3) is 6.43 Å². The van der Waals surface area contributed by atoms with Gasteiger partial charge in [-0.2, -0.15) is 0 Å². The normalized spacial score (nSPS) is 12.1. The highest BCUT2D eigenvalue weighted by molar-refractivity contribution is 7.89. The van der Waals surface area contributed by atoms with E-state index in [1.807, 2.05) is 18.6 Å². The minimum Gasteiger partial charge on any atom is -0.313 e. The molecular weight excluding hydrogens is 286 g/mol. The van der Waals surface area contributed by atoms with Gasteiger partial charge in [-0.25, -0.2) is 21.9 Å². The van der Waals surface area contributed by atoms with Crippen LogP contribution in [0, 0.1) is 6.92 Å². The van der Waals surface area contributed by atoms with Crippen LogP contribution in [0.4, 0.5) is 8.78 Å². The van der Waals surface area contributed by atoms with Crippen LogP contribution >= 0.6 is 0 Å². The minimum atomic E-state index is -3.88. The standard InChI is InChI=1S/C13H20F2N2O2S/c1-3-6-16-8-11-7-12(5-4-10(11)2)20(18,19)17-9-13(14)15/h4-5,7,13,16-17H,3,6,8-9H2,1-2H3. The summed E-state index contributed by atoms with van der Waals surface area (Å²) in [7, 11) is -3.88. The summed E-state index contributed by atoms with van der Waals surface area (Å²) >= 11 is 0. The molecule has 0 atom stereocenters. The molecule has 0 aromatic heterocycles. The van der Waals surface area contributed by atoms with Crippen LogP contribution < -0.4 is 10.0 Å². The van der Waals surface area contributed by atoms with Crippen molar-refractivity contribution in [2.45, 2.75) is 38.1 Å². The zero-order valence-electron chi connectivity index (χ0n) is 11.6. The molecule has 0 amide bonds. The third-order valence-electron chi connectivity index (χ3n) is 2.80. The second kappa shape index (κ2) is 7.66. The fourth-order valence-corrected chi connectivity index (χ4v) is 2.72. The molecule has 0 bridgehead atoms. The van der Waals surface area contributed by atoms with Gasteiger partial charge in [-0.3, -0.25) is 0 Å². The highest BCUT2D eigenvalue weighted by atomic mass is 32.2. The van der Waals surface area contributed by atoms with Crippen molar-refractivity contribution in [2.75, 3.05) is 13.1 Å². The van der Waals surface area contributed by atoms with Crippen molar-refractivity contribution >= 4 is 10.0 Å². The fourth-order valence-electron chi connectivity index (χ4n) is 1.66. The smallest absolute Gasteiger partial charge is 0.251 e. The van der Waals surface area contributed by atoms with Gasteiger partial charge < -0.3 is 5.32 Å². The van der Waals surface area contributed by atoms with Gasteiger partial charge in [-0.15, -0.1) is 0 Å². The monoisotopic (exact) mass is 306 g/mol. The number of alkyl halides is 2. The van der Waals surface area contributed by atoms with E-state index in [1.165, 1.54) is 12.1 Å². The Balaban J connectivity index is 2.87. The van der Waals surface area contributed by atoms with Crippen LogP contribution in [0.15, 0.2) is 23.1 Å². The number of sulfonamides is 1. The van der Waals surface area contributed by atoms with Gasteiger partial charge in [-0.05, 0) is 43.1 Å². The minimum absolute atomic E-state index is 0.0112. The molecule has 0 saturated carbocycles. The number of hydrogen-bond acceptors (Lipinski definition) is 3. The lowest BCUT2D eigenvalue weighted by Gasteiger charge is -2.11. The van der Waals surface area contributed by atoms with Crippen molar-refractivity contribution in [3.63, 3.8) is 0 Å². The van der Waals surface area contributed by atoms with Crippen molar-refractivity contribution in [2.24, 2.45) is 0 Å². The third kappa shape index (κ3) is 5.15. The average molecular weight is 306 g/mol. The first kappa shape index (κ1) is 17.0. The van der Waals surface area contributed by atoms with Crippen LogP contribution in [0.1, 0.15) is 24.5 Å². The molecule has 1 aromatic carbocycles. The predicted molar refractivity (Wildman–Crippen MR) is 74.4 cm³/mol. The summed E-state index contributed by atoms with van der Waals surface area (Å²) in [5.41, 5.74) is 1.81. The Hall–Kier alpha value is -1.05. The van der Waals surface area contributed by atoms with Crippen LogP contribution in [-0.2, 0) is 16.6 Å². The summed E-state index contributed by atoms with van der Waals surface area (Å²) < 4.78 is 49.8. The van der Waals surface area contributed by atoms with E-state index in [-0.39, 0.29) is 4.90 Å². The Bertz CT molecular complexity index is 533. The summed E-state index contributed by atoms with van der Waals surface area (Å²) in [6, 6.07) is 4.62. The summed E-state index contributed by atoms with van der Waals surface area (Å²) in [4.78, 5) is 0.0112. The van der Waals surface area contributed by atoms with Gasteiger partial charge in [0.05, 0.1) is 11.4 Å². The number of rotatable bonds is 8. The van der Waals surface area contributed by atoms with E-state index in [4.69, 9.17) is 0 Å². The number of benzene rings is 1. The van der Waals surface area contributed by atoms with E-state index in [0.29, 0.717) is 6.54 Å². The molecule has 0 radical (unpaired) electrons. The first-order chi connectivity index (χ1) is 9.36. The highest BCUT2D eigenvalue weighted by Crippen LogP contribution is 2.15. The lowest BCUT2D eigenvalue weighted by Crippen LogP contribution is -2.28. The highest BCUT2D eigenvalue weighted by Gasteiger charge is 2.17. The lowest BCUT2D eigenvalue weighted by molar-refractivity contribution is 0.153. The molecule has 0 fully saturated rings. The molecule has 4 nitrogen and oxygen atoms in total. The molecule has 0 aliphatic carbocycles. The van der Waals surface area contributed by atoms with E-state index in [9.17, 15) is 17.2 Å². The predicted octanol–water partition coefficient (Wildman–Crippen LogP) is 2.04. The molecule has 0 spiro atoms. The molecule has 114 valence electrons. The zero-order valence-corrected chi connectivity index (χ0v) is 12.4. The molecule has 1 aromatic rings. The summed E-state index contributed by atoms with van der Waals surface area (Å²) in [5.74, 6) is 0. The molecule has 20 heavy (non-hydrogen) atoms. The largest absolute Gasteiger partial charge is 0.313 e. The van der Waals surface area contributed by atoms with E-state index < -0.39 is 23.0 Å². The second-order valence-electron chi connectivity index (χ2n) is 4.51. The van der Waals surface area contributed by atoms with Crippen LogP contribution in [0.3, 0.4) is 0 Å². The molecule has 0 heterocycles. The number of halogens is 2. The Morgan fingerprint density at radius 1 is 1.30 bits per heavy atom. The maximum absolute atomic E-state index is 12.1. The molecule has 0 aliphatic heterocycles. The molecule has 0 unspecified atom stereocenters. The SMILES string of the molecule is CCCNCc1cc(S(=O)(=O)NCC(F)F)ccc1C. The van der Waals surface area contributed by atoms with Gasteiger partial charge in [0.1, 0.15) is 0 Å². The van der Waals surface area contributed by atoms with Crippen molar-refractivity contribution in [3.05, 3.63) is 29.3 Å². The molecule has 0 saturated heterocycles. The molecular formula is C13H20F2N2O2S. The Kier molecular flexibility index (Phi) is 6.51. The van der Waals surface area contributed by atoms with Gasteiger partial charge in [0, 0.05) is 6.54 Å². The zero-order chi connectivity index (χ0) is 15.2. The lowest BCUT2D eigenvalue weighted by atomic mass is 10.1. The first-order valence-corrected chi connectivity index (χ1v) is 7.93. The quantitative estimate of drug-likeness (QED) is 0.723. The van der Waals surface area contributed by atoms with Crippen molar-refractivity contribution in [1.29, 1.82) is 0 Å². The van der Waals surface area contributed by atoms with E-state index in [2.05, 4.69) is 5.32 Å². The number of aryl methyl sites for hydroxylation is 1. The summed E-state index contributed by atoms with van der Waals surface area (Å²) in [5, 5.41) is 3.19. The van der Waals surface area contributed by atoms with Crippen molar-refractivity contribution in [1.82, 2.24) is 10.0 Å². The molecule has 1 rings (SSSR count). The first-order valence-electron chi connectivity index (χ1n) is 6.45. The van der Waals surface area contributed by atoms with E-state index in [1.54, 1.807) is 6.07 Å². The molecule has 2 N–H and O–H groups in total. The van der Waals surface area contributed by atoms with Gasteiger partial charge in [0.15, 0.2) is 0 Å². The number of nitrogens with one attached hydrogen (secondary N) is 2. The molecule has 0 aliphatic rings. The average Bonchev–Trinajstić information content (AvgIpc) is 2.39. The van der Waals surface area contributed by atoms with Crippen LogP contribution in [0.2, 0.25) is 0 Å². The van der Waals surface area contributed by atoms with Crippen LogP contribution in [0.25, 0.3) is 0 Å². The Labute approximate surface area is 118 Å². The second-order valence-corrected chi connectivity index (χ2v) is 6.28. The maximum Gasteiger partial charge on any atom is 0.251 e. The van der Waals surface area contributed by atoms with E-state index in [0.717, 1.165) is 24.1 Å². The summed E-state index contributed by atoms with van der Waals surface area (Å²) in [6.07, 6.45) is -1.73. The third-order valence-corrected chi connectivity index (χ3v) is 4.22. The fraction of sp³-hybridized carbons (Fsp3) is 0.538. The Morgan fingerprint density at radius 2 is 2.00 bits per heavy atom. The van der Waals surface area contributed by atoms with Gasteiger partial charge >= 0.3 is 0 Å². The van der Waals surface area contributed by atoms with Gasteiger partial charge in [-0.1, -0.05) is 13.0 Å².